The first-order valence-corrected chi connectivity index (χ1v) is 11.9. The predicted molar refractivity (Wildman–Crippen MR) is 142 cm³/mol. The van der Waals surface area contributed by atoms with Crippen molar-refractivity contribution in [2.75, 3.05) is 0 Å². The van der Waals surface area contributed by atoms with Gasteiger partial charge in [-0.05, 0) is 56.7 Å². The lowest BCUT2D eigenvalue weighted by molar-refractivity contribution is 0.0913. The van der Waals surface area contributed by atoms with Crippen molar-refractivity contribution in [2.24, 2.45) is 0 Å². The molecule has 2 N–H and O–H groups in total. The second-order valence-corrected chi connectivity index (χ2v) is 10.2. The number of rotatable bonds is 3. The molecular weight excluding hydrogens is 490 g/mol. The molecule has 0 radical (unpaired) electrons. The number of H-pyrrole nitrogens is 1. The number of carbonyl (C=O) groups is 1. The minimum atomic E-state index is -0.478. The third kappa shape index (κ3) is 3.84. The summed E-state index contributed by atoms with van der Waals surface area (Å²) < 4.78 is 2.43. The summed E-state index contributed by atoms with van der Waals surface area (Å²) in [5, 5.41) is 4.68. The highest BCUT2D eigenvalue weighted by atomic mass is 79.9. The van der Waals surface area contributed by atoms with E-state index in [1.165, 1.54) is 0 Å². The van der Waals surface area contributed by atoms with Crippen LogP contribution in [0.15, 0.2) is 88.1 Å². The zero-order chi connectivity index (χ0) is 24.0. The second kappa shape index (κ2) is 8.29. The predicted octanol–water partition coefficient (Wildman–Crippen LogP) is 6.43. The lowest BCUT2D eigenvalue weighted by Gasteiger charge is -2.23. The lowest BCUT2D eigenvalue weighted by atomic mass is 10.0. The molecule has 2 heterocycles. The Labute approximate surface area is 205 Å². The fourth-order valence-electron chi connectivity index (χ4n) is 4.33. The first kappa shape index (κ1) is 22.2. The summed E-state index contributed by atoms with van der Waals surface area (Å²) in [6.45, 7) is 5.78. The fraction of sp³-hybridized carbons (Fsp3) is 0.143. The van der Waals surface area contributed by atoms with Gasteiger partial charge in [0, 0.05) is 32.0 Å². The van der Waals surface area contributed by atoms with Crippen molar-refractivity contribution in [3.05, 3.63) is 99.4 Å². The van der Waals surface area contributed by atoms with Crippen molar-refractivity contribution in [3.63, 3.8) is 0 Å². The Kier molecular flexibility index (Phi) is 5.41. The molecule has 5 rings (SSSR count). The molecule has 0 aliphatic carbocycles. The molecule has 0 atom stereocenters. The summed E-state index contributed by atoms with van der Waals surface area (Å²) in [7, 11) is 0. The number of para-hydroxylation sites is 1. The van der Waals surface area contributed by atoms with Crippen molar-refractivity contribution >= 4 is 43.6 Å². The van der Waals surface area contributed by atoms with Crippen molar-refractivity contribution in [2.45, 2.75) is 26.3 Å². The third-order valence-corrected chi connectivity index (χ3v) is 6.21. The maximum atomic E-state index is 14.2. The van der Waals surface area contributed by atoms with Crippen LogP contribution in [0.25, 0.3) is 38.6 Å². The number of fused-ring (bicyclic) bond motifs is 3. The molecule has 0 aliphatic heterocycles. The molecule has 0 aliphatic rings. The number of aromatic amines is 1. The van der Waals surface area contributed by atoms with E-state index in [-0.39, 0.29) is 11.5 Å². The van der Waals surface area contributed by atoms with Crippen LogP contribution < -0.4 is 10.9 Å². The van der Waals surface area contributed by atoms with Crippen molar-refractivity contribution < 1.29 is 4.79 Å². The van der Waals surface area contributed by atoms with Crippen molar-refractivity contribution in [1.29, 1.82) is 0 Å². The van der Waals surface area contributed by atoms with E-state index in [0.29, 0.717) is 22.5 Å². The minimum Gasteiger partial charge on any atom is -0.354 e. The summed E-state index contributed by atoms with van der Waals surface area (Å²) in [6, 6.07) is 24.8. The number of aromatic nitrogens is 2. The number of benzene rings is 3. The number of nitrogens with zero attached hydrogens (tertiary/aromatic N) is 1. The molecular formula is C28H24BrN3O2. The van der Waals surface area contributed by atoms with Gasteiger partial charge in [0.05, 0.1) is 11.1 Å². The van der Waals surface area contributed by atoms with Gasteiger partial charge in [-0.3, -0.25) is 14.2 Å². The number of pyridine rings is 1. The third-order valence-electron chi connectivity index (χ3n) is 5.68. The Bertz CT molecular complexity index is 1590. The Morgan fingerprint density at radius 3 is 2.24 bits per heavy atom. The van der Waals surface area contributed by atoms with Gasteiger partial charge in [-0.1, -0.05) is 64.5 Å². The topological polar surface area (TPSA) is 66.9 Å². The maximum absolute atomic E-state index is 14.2. The van der Waals surface area contributed by atoms with Gasteiger partial charge in [0.25, 0.3) is 11.5 Å². The highest BCUT2D eigenvalue weighted by Gasteiger charge is 2.28. The molecule has 3 aromatic carbocycles. The van der Waals surface area contributed by atoms with Crippen LogP contribution in [0.1, 0.15) is 31.3 Å². The Hall–Kier alpha value is -3.64. The van der Waals surface area contributed by atoms with E-state index in [0.717, 1.165) is 26.3 Å². The molecule has 170 valence electrons. The lowest BCUT2D eigenvalue weighted by Crippen LogP contribution is -2.43. The number of halogens is 1. The Morgan fingerprint density at radius 1 is 0.912 bits per heavy atom. The van der Waals surface area contributed by atoms with Gasteiger partial charge in [0.15, 0.2) is 0 Å². The highest BCUT2D eigenvalue weighted by molar-refractivity contribution is 9.10. The SMILES string of the molecule is CC(C)(C)NC(=O)c1c2c([nH]c3ccccc32)c(-c2ccccc2)c(=O)n1-c1ccc(Br)cc1. The van der Waals surface area contributed by atoms with Crippen LogP contribution in [0.3, 0.4) is 0 Å². The van der Waals surface area contributed by atoms with Crippen LogP contribution in [0.4, 0.5) is 0 Å². The van der Waals surface area contributed by atoms with E-state index in [1.807, 2.05) is 99.6 Å². The average molecular weight is 514 g/mol. The molecule has 34 heavy (non-hydrogen) atoms. The van der Waals surface area contributed by atoms with Gasteiger partial charge in [-0.2, -0.15) is 0 Å². The standard InChI is InChI=1S/C28H24BrN3O2/c1-28(2,3)31-26(33)25-23-20-11-7-8-12-21(20)30-24(23)22(17-9-5-4-6-10-17)27(34)32(25)19-15-13-18(29)14-16-19/h4-16,30H,1-3H3,(H,31,33). The highest BCUT2D eigenvalue weighted by Crippen LogP contribution is 2.34. The molecule has 5 aromatic rings. The van der Waals surface area contributed by atoms with Crippen molar-refractivity contribution in [3.8, 4) is 16.8 Å². The van der Waals surface area contributed by atoms with E-state index in [1.54, 1.807) is 4.57 Å². The van der Waals surface area contributed by atoms with E-state index in [2.05, 4.69) is 26.2 Å². The van der Waals surface area contributed by atoms with Gasteiger partial charge in [0.2, 0.25) is 0 Å². The normalized spacial score (nSPS) is 11.8. The van der Waals surface area contributed by atoms with Crippen LogP contribution in [-0.4, -0.2) is 21.0 Å². The van der Waals surface area contributed by atoms with Crippen LogP contribution in [0, 0.1) is 0 Å². The Morgan fingerprint density at radius 2 is 1.56 bits per heavy atom. The van der Waals surface area contributed by atoms with Gasteiger partial charge in [-0.25, -0.2) is 0 Å². The van der Waals surface area contributed by atoms with Gasteiger partial charge < -0.3 is 10.3 Å². The van der Waals surface area contributed by atoms with E-state index >= 15 is 0 Å². The molecule has 2 aromatic heterocycles. The van der Waals surface area contributed by atoms with E-state index < -0.39 is 5.54 Å². The summed E-state index contributed by atoms with van der Waals surface area (Å²) in [5.41, 5.74) is 3.04. The average Bonchev–Trinajstić information content (AvgIpc) is 3.17. The van der Waals surface area contributed by atoms with E-state index in [4.69, 9.17) is 0 Å². The first-order valence-electron chi connectivity index (χ1n) is 11.1. The largest absolute Gasteiger partial charge is 0.354 e. The van der Waals surface area contributed by atoms with Crippen LogP contribution in [0.5, 0.6) is 0 Å². The monoisotopic (exact) mass is 513 g/mol. The molecule has 0 unspecified atom stereocenters. The van der Waals surface area contributed by atoms with Crippen LogP contribution in [-0.2, 0) is 0 Å². The Balaban J connectivity index is 2.00. The number of hydrogen-bond donors (Lipinski definition) is 2. The molecule has 0 spiro atoms. The molecule has 0 saturated heterocycles. The van der Waals surface area contributed by atoms with E-state index in [9.17, 15) is 9.59 Å². The molecule has 0 saturated carbocycles. The number of hydrogen-bond acceptors (Lipinski definition) is 2. The van der Waals surface area contributed by atoms with Gasteiger partial charge in [-0.15, -0.1) is 0 Å². The summed E-state index contributed by atoms with van der Waals surface area (Å²) in [5.74, 6) is -0.304. The zero-order valence-corrected chi connectivity index (χ0v) is 20.7. The minimum absolute atomic E-state index is 0.258. The molecule has 6 heteroatoms. The van der Waals surface area contributed by atoms with Crippen LogP contribution >= 0.6 is 15.9 Å². The summed E-state index contributed by atoms with van der Waals surface area (Å²) in [4.78, 5) is 31.4. The second-order valence-electron chi connectivity index (χ2n) is 9.33. The van der Waals surface area contributed by atoms with Crippen molar-refractivity contribution in [1.82, 2.24) is 14.9 Å². The van der Waals surface area contributed by atoms with Gasteiger partial charge >= 0.3 is 0 Å². The molecule has 1 amide bonds. The first-order chi connectivity index (χ1) is 16.2. The fourth-order valence-corrected chi connectivity index (χ4v) is 4.60. The molecule has 5 nitrogen and oxygen atoms in total. The van der Waals surface area contributed by atoms with Crippen LogP contribution in [0.2, 0.25) is 0 Å². The molecule has 0 fully saturated rings. The summed E-state index contributed by atoms with van der Waals surface area (Å²) >= 11 is 3.47. The smallest absolute Gasteiger partial charge is 0.269 e. The quantitative estimate of drug-likeness (QED) is 0.292. The number of carbonyl (C=O) groups excluding carboxylic acids is 1. The molecule has 0 bridgehead atoms. The van der Waals surface area contributed by atoms with Gasteiger partial charge in [0.1, 0.15) is 5.69 Å². The summed E-state index contributed by atoms with van der Waals surface area (Å²) in [6.07, 6.45) is 0. The maximum Gasteiger partial charge on any atom is 0.269 e. The number of nitrogens with one attached hydrogen (secondary N) is 2. The number of amides is 1. The zero-order valence-electron chi connectivity index (χ0n) is 19.1.